The number of ether oxygens (including phenoxy) is 2. The van der Waals surface area contributed by atoms with E-state index in [9.17, 15) is 14.7 Å². The maximum Gasteiger partial charge on any atom is 0.295 e. The van der Waals surface area contributed by atoms with Crippen LogP contribution in [0.5, 0.6) is 11.5 Å². The highest BCUT2D eigenvalue weighted by atomic mass is 16.5. The van der Waals surface area contributed by atoms with E-state index < -0.39 is 17.7 Å². The lowest BCUT2D eigenvalue weighted by molar-refractivity contribution is -0.139. The molecule has 1 fully saturated rings. The van der Waals surface area contributed by atoms with Crippen LogP contribution in [0.4, 0.5) is 0 Å². The second-order valence-electron chi connectivity index (χ2n) is 8.01. The summed E-state index contributed by atoms with van der Waals surface area (Å²) < 4.78 is 11.5. The Balaban J connectivity index is 2.15. The Hall–Kier alpha value is -3.28. The van der Waals surface area contributed by atoms with E-state index in [1.807, 2.05) is 52.0 Å². The Kier molecular flexibility index (Phi) is 7.57. The van der Waals surface area contributed by atoms with Crippen LogP contribution in [0, 0.1) is 0 Å². The van der Waals surface area contributed by atoms with Crippen LogP contribution in [0.15, 0.2) is 54.1 Å². The van der Waals surface area contributed by atoms with Crippen molar-refractivity contribution in [1.82, 2.24) is 4.90 Å². The van der Waals surface area contributed by atoms with Gasteiger partial charge >= 0.3 is 0 Å². The van der Waals surface area contributed by atoms with E-state index in [0.29, 0.717) is 35.8 Å². The molecule has 0 aromatic heterocycles. The van der Waals surface area contributed by atoms with Crippen LogP contribution in [0.25, 0.3) is 5.76 Å². The minimum absolute atomic E-state index is 0.0788. The first kappa shape index (κ1) is 23.4. The number of aliphatic hydroxyl groups excluding tert-OH is 1. The fourth-order valence-corrected chi connectivity index (χ4v) is 3.86. The zero-order chi connectivity index (χ0) is 23.3. The van der Waals surface area contributed by atoms with Gasteiger partial charge < -0.3 is 19.5 Å². The Morgan fingerprint density at radius 2 is 1.75 bits per heavy atom. The summed E-state index contributed by atoms with van der Waals surface area (Å²) in [6.07, 6.45) is 1.54. The van der Waals surface area contributed by atoms with Crippen molar-refractivity contribution in [3.05, 3.63) is 65.2 Å². The molecule has 1 N–H and O–H groups in total. The van der Waals surface area contributed by atoms with E-state index in [0.717, 1.165) is 12.8 Å². The molecule has 1 unspecified atom stereocenters. The van der Waals surface area contributed by atoms with Gasteiger partial charge in [0.15, 0.2) is 0 Å². The van der Waals surface area contributed by atoms with Gasteiger partial charge in [-0.1, -0.05) is 31.5 Å². The first-order valence-electron chi connectivity index (χ1n) is 11.2. The summed E-state index contributed by atoms with van der Waals surface area (Å²) in [5, 5.41) is 11.2. The van der Waals surface area contributed by atoms with E-state index in [1.165, 1.54) is 0 Å². The molecule has 1 saturated heterocycles. The van der Waals surface area contributed by atoms with Crippen molar-refractivity contribution in [2.75, 3.05) is 13.2 Å². The van der Waals surface area contributed by atoms with Gasteiger partial charge in [0.25, 0.3) is 11.7 Å². The molecule has 6 nitrogen and oxygen atoms in total. The number of hydrogen-bond donors (Lipinski definition) is 1. The zero-order valence-corrected chi connectivity index (χ0v) is 19.1. The maximum atomic E-state index is 13.1. The number of hydrogen-bond acceptors (Lipinski definition) is 5. The SMILES string of the molecule is CCCCN1C(=O)C(=O)/C(=C(\O)c2ccc(OCC)cc2)C1c1ccccc1OC(C)C. The van der Waals surface area contributed by atoms with Crippen molar-refractivity contribution >= 4 is 17.4 Å². The number of para-hydroxylation sites is 1. The van der Waals surface area contributed by atoms with Crippen LogP contribution >= 0.6 is 0 Å². The summed E-state index contributed by atoms with van der Waals surface area (Å²) in [5.74, 6) is -0.227. The quantitative estimate of drug-likeness (QED) is 0.336. The molecule has 0 saturated carbocycles. The molecule has 1 heterocycles. The van der Waals surface area contributed by atoms with Crippen molar-refractivity contribution in [2.45, 2.75) is 52.7 Å². The molecule has 3 rings (SSSR count). The Bertz CT molecular complexity index is 994. The largest absolute Gasteiger partial charge is 0.507 e. The molecule has 0 radical (unpaired) electrons. The second kappa shape index (κ2) is 10.4. The van der Waals surface area contributed by atoms with Gasteiger partial charge in [-0.3, -0.25) is 9.59 Å². The Labute approximate surface area is 189 Å². The lowest BCUT2D eigenvalue weighted by Crippen LogP contribution is -2.31. The predicted octanol–water partition coefficient (Wildman–Crippen LogP) is 5.09. The van der Waals surface area contributed by atoms with E-state index in [1.54, 1.807) is 29.2 Å². The van der Waals surface area contributed by atoms with Crippen LogP contribution in [0.1, 0.15) is 57.7 Å². The standard InChI is InChI=1S/C26H31NO5/c1-5-7-16-27-23(20-10-8-9-11-21(20)32-17(3)4)22(25(29)26(27)30)24(28)18-12-14-19(15-13-18)31-6-2/h8-15,17,23,28H,5-7,16H2,1-4H3/b24-22-. The average molecular weight is 438 g/mol. The lowest BCUT2D eigenvalue weighted by atomic mass is 9.94. The number of rotatable bonds is 9. The summed E-state index contributed by atoms with van der Waals surface area (Å²) in [6, 6.07) is 13.5. The number of likely N-dealkylation sites (tertiary alicyclic amines) is 1. The minimum atomic E-state index is -0.719. The number of carbonyl (C=O) groups excluding carboxylic acids is 2. The van der Waals surface area contributed by atoms with Gasteiger partial charge in [0.1, 0.15) is 17.3 Å². The van der Waals surface area contributed by atoms with Crippen molar-refractivity contribution in [3.8, 4) is 11.5 Å². The molecule has 2 aromatic carbocycles. The average Bonchev–Trinajstić information content (AvgIpc) is 3.02. The van der Waals surface area contributed by atoms with Gasteiger partial charge in [0, 0.05) is 17.7 Å². The van der Waals surface area contributed by atoms with Gasteiger partial charge in [-0.2, -0.15) is 0 Å². The van der Waals surface area contributed by atoms with Crippen LogP contribution < -0.4 is 9.47 Å². The molecule has 32 heavy (non-hydrogen) atoms. The summed E-state index contributed by atoms with van der Waals surface area (Å²) in [6.45, 7) is 8.71. The summed E-state index contributed by atoms with van der Waals surface area (Å²) in [7, 11) is 0. The first-order chi connectivity index (χ1) is 15.4. The molecule has 1 amide bonds. The van der Waals surface area contributed by atoms with Crippen molar-refractivity contribution in [3.63, 3.8) is 0 Å². The molecule has 0 spiro atoms. The number of amides is 1. The second-order valence-corrected chi connectivity index (χ2v) is 8.01. The number of Topliss-reactive ketones (excluding diaryl/α,β-unsaturated/α-hetero) is 1. The topological polar surface area (TPSA) is 76.1 Å². The number of benzene rings is 2. The van der Waals surface area contributed by atoms with Crippen molar-refractivity contribution in [1.29, 1.82) is 0 Å². The monoisotopic (exact) mass is 437 g/mol. The first-order valence-corrected chi connectivity index (χ1v) is 11.2. The fourth-order valence-electron chi connectivity index (χ4n) is 3.86. The molecule has 170 valence electrons. The van der Waals surface area contributed by atoms with E-state index in [4.69, 9.17) is 9.47 Å². The molecule has 0 aliphatic carbocycles. The molecule has 0 bridgehead atoms. The molecule has 1 atom stereocenters. The molecule has 1 aliphatic rings. The highest BCUT2D eigenvalue weighted by molar-refractivity contribution is 6.46. The van der Waals surface area contributed by atoms with E-state index in [2.05, 4.69) is 0 Å². The summed E-state index contributed by atoms with van der Waals surface area (Å²) >= 11 is 0. The summed E-state index contributed by atoms with van der Waals surface area (Å²) in [5.41, 5.74) is 1.22. The lowest BCUT2D eigenvalue weighted by Gasteiger charge is -2.27. The van der Waals surface area contributed by atoms with Gasteiger partial charge in [-0.25, -0.2) is 0 Å². The van der Waals surface area contributed by atoms with Gasteiger partial charge in [-0.05, 0) is 57.5 Å². The van der Waals surface area contributed by atoms with Gasteiger partial charge in [0.05, 0.1) is 24.3 Å². The Morgan fingerprint density at radius 1 is 1.06 bits per heavy atom. The normalized spacial score (nSPS) is 17.8. The molecule has 2 aromatic rings. The number of carbonyl (C=O) groups is 2. The third-order valence-electron chi connectivity index (χ3n) is 5.31. The fraction of sp³-hybridized carbons (Fsp3) is 0.385. The predicted molar refractivity (Wildman–Crippen MR) is 124 cm³/mol. The minimum Gasteiger partial charge on any atom is -0.507 e. The molecule has 1 aliphatic heterocycles. The maximum absolute atomic E-state index is 13.1. The van der Waals surface area contributed by atoms with Crippen molar-refractivity contribution < 1.29 is 24.2 Å². The highest BCUT2D eigenvalue weighted by Crippen LogP contribution is 2.43. The van der Waals surface area contributed by atoms with Crippen LogP contribution in [0.2, 0.25) is 0 Å². The molecular formula is C26H31NO5. The smallest absolute Gasteiger partial charge is 0.295 e. The highest BCUT2D eigenvalue weighted by Gasteiger charge is 2.46. The van der Waals surface area contributed by atoms with Crippen LogP contribution in [0.3, 0.4) is 0 Å². The third-order valence-corrected chi connectivity index (χ3v) is 5.31. The Morgan fingerprint density at radius 3 is 2.38 bits per heavy atom. The third kappa shape index (κ3) is 4.79. The van der Waals surface area contributed by atoms with Crippen LogP contribution in [-0.2, 0) is 9.59 Å². The van der Waals surface area contributed by atoms with Crippen LogP contribution in [-0.4, -0.2) is 41.0 Å². The number of ketones is 1. The number of aliphatic hydroxyl groups is 1. The van der Waals surface area contributed by atoms with Gasteiger partial charge in [0.2, 0.25) is 0 Å². The summed E-state index contributed by atoms with van der Waals surface area (Å²) in [4.78, 5) is 27.6. The van der Waals surface area contributed by atoms with Crippen molar-refractivity contribution in [2.24, 2.45) is 0 Å². The number of nitrogens with zero attached hydrogens (tertiary/aromatic N) is 1. The van der Waals surface area contributed by atoms with E-state index >= 15 is 0 Å². The van der Waals surface area contributed by atoms with E-state index in [-0.39, 0.29) is 17.4 Å². The molecule has 6 heteroatoms. The molecular weight excluding hydrogens is 406 g/mol. The number of unbranched alkanes of at least 4 members (excludes halogenated alkanes) is 1. The zero-order valence-electron chi connectivity index (χ0n) is 19.1. The van der Waals surface area contributed by atoms with Gasteiger partial charge in [-0.15, -0.1) is 0 Å².